The van der Waals surface area contributed by atoms with Gasteiger partial charge in [-0.15, -0.1) is 0 Å². The van der Waals surface area contributed by atoms with Crippen molar-refractivity contribution in [3.8, 4) is 6.07 Å². The summed E-state index contributed by atoms with van der Waals surface area (Å²) in [7, 11) is 1.98. The van der Waals surface area contributed by atoms with Crippen molar-refractivity contribution in [1.82, 2.24) is 14.7 Å². The highest BCUT2D eigenvalue weighted by atomic mass is 15.3. The Morgan fingerprint density at radius 2 is 2.10 bits per heavy atom. The summed E-state index contributed by atoms with van der Waals surface area (Å²) >= 11 is 0. The van der Waals surface area contributed by atoms with Gasteiger partial charge in [-0.1, -0.05) is 31.0 Å². The Kier molecular flexibility index (Phi) is 3.70. The lowest BCUT2D eigenvalue weighted by molar-refractivity contribution is 0.212. The normalized spacial score (nSPS) is 16.1. The minimum atomic E-state index is 0.496. The summed E-state index contributed by atoms with van der Waals surface area (Å²) in [6, 6.07) is 11.2. The highest BCUT2D eigenvalue weighted by Gasteiger charge is 2.23. The van der Waals surface area contributed by atoms with Crippen LogP contribution in [0.1, 0.15) is 31.4 Å². The van der Waals surface area contributed by atoms with Gasteiger partial charge in [-0.3, -0.25) is 9.58 Å². The molecule has 0 saturated heterocycles. The first kappa shape index (κ1) is 13.1. The third-order valence-electron chi connectivity index (χ3n) is 4.30. The fourth-order valence-electron chi connectivity index (χ4n) is 3.27. The van der Waals surface area contributed by atoms with E-state index in [4.69, 9.17) is 5.26 Å². The van der Waals surface area contributed by atoms with E-state index in [-0.39, 0.29) is 0 Å². The van der Waals surface area contributed by atoms with Gasteiger partial charge in [-0.25, -0.2) is 0 Å². The van der Waals surface area contributed by atoms with Crippen molar-refractivity contribution in [3.63, 3.8) is 0 Å². The van der Waals surface area contributed by atoms with E-state index < -0.39 is 0 Å². The van der Waals surface area contributed by atoms with Gasteiger partial charge in [0.15, 0.2) is 0 Å². The summed E-state index contributed by atoms with van der Waals surface area (Å²) in [5.41, 5.74) is 2.25. The second kappa shape index (κ2) is 5.64. The number of hydrogen-bond donors (Lipinski definition) is 0. The number of nitriles is 1. The fraction of sp³-hybridized carbons (Fsp3) is 0.500. The molecule has 104 valence electrons. The lowest BCUT2D eigenvalue weighted by Gasteiger charge is -2.25. The molecule has 1 heterocycles. The molecule has 1 aliphatic carbocycles. The van der Waals surface area contributed by atoms with Crippen molar-refractivity contribution < 1.29 is 0 Å². The van der Waals surface area contributed by atoms with Crippen LogP contribution < -0.4 is 0 Å². The Morgan fingerprint density at radius 1 is 1.35 bits per heavy atom. The molecule has 0 radical (unpaired) electrons. The van der Waals surface area contributed by atoms with Crippen LogP contribution in [0.15, 0.2) is 24.3 Å². The maximum absolute atomic E-state index is 9.08. The lowest BCUT2D eigenvalue weighted by atomic mass is 10.1. The average Bonchev–Trinajstić information content (AvgIpc) is 3.08. The maximum atomic E-state index is 9.08. The molecule has 1 saturated carbocycles. The Morgan fingerprint density at radius 3 is 2.85 bits per heavy atom. The quantitative estimate of drug-likeness (QED) is 0.801. The Bertz CT molecular complexity index is 631. The minimum Gasteiger partial charge on any atom is -0.282 e. The fourth-order valence-corrected chi connectivity index (χ4v) is 3.27. The molecule has 1 aromatic heterocycles. The number of fused-ring (bicyclic) bond motifs is 1. The number of hydrogen-bond acceptors (Lipinski definition) is 3. The zero-order valence-corrected chi connectivity index (χ0v) is 11.9. The van der Waals surface area contributed by atoms with E-state index in [0.717, 1.165) is 17.8 Å². The Labute approximate surface area is 119 Å². The number of nitrogens with zero attached hydrogens (tertiary/aromatic N) is 4. The summed E-state index contributed by atoms with van der Waals surface area (Å²) in [6.45, 7) is 1.27. The van der Waals surface area contributed by atoms with Crippen LogP contribution in [0.2, 0.25) is 0 Å². The topological polar surface area (TPSA) is 44.9 Å². The van der Waals surface area contributed by atoms with E-state index in [1.165, 1.54) is 31.1 Å². The van der Waals surface area contributed by atoms with Gasteiger partial charge >= 0.3 is 0 Å². The molecular weight excluding hydrogens is 248 g/mol. The number of rotatable bonds is 4. The van der Waals surface area contributed by atoms with Gasteiger partial charge in [0.05, 0.1) is 23.8 Å². The summed E-state index contributed by atoms with van der Waals surface area (Å²) in [5, 5.41) is 14.9. The van der Waals surface area contributed by atoms with Gasteiger partial charge in [-0.2, -0.15) is 10.4 Å². The number of aromatic nitrogens is 2. The van der Waals surface area contributed by atoms with Crippen LogP contribution in [0.25, 0.3) is 10.9 Å². The van der Waals surface area contributed by atoms with Crippen molar-refractivity contribution in [3.05, 3.63) is 30.0 Å². The van der Waals surface area contributed by atoms with Gasteiger partial charge in [0.1, 0.15) is 0 Å². The smallest absolute Gasteiger partial charge is 0.0871 e. The van der Waals surface area contributed by atoms with Gasteiger partial charge < -0.3 is 0 Å². The van der Waals surface area contributed by atoms with Crippen LogP contribution in [-0.2, 0) is 13.6 Å². The molecule has 1 aromatic carbocycles. The molecule has 4 nitrogen and oxygen atoms in total. The average molecular weight is 268 g/mol. The first-order chi connectivity index (χ1) is 9.79. The van der Waals surface area contributed by atoms with Crippen molar-refractivity contribution in [1.29, 1.82) is 5.26 Å². The predicted octanol–water partition coefficient (Wildman–Crippen LogP) is 2.84. The molecule has 1 aliphatic rings. The Hall–Kier alpha value is -1.86. The van der Waals surface area contributed by atoms with Crippen molar-refractivity contribution >= 4 is 10.9 Å². The van der Waals surface area contributed by atoms with Crippen LogP contribution in [-0.4, -0.2) is 27.3 Å². The largest absolute Gasteiger partial charge is 0.282 e. The van der Waals surface area contributed by atoms with Crippen LogP contribution >= 0.6 is 0 Å². The number of benzene rings is 1. The molecule has 0 aliphatic heterocycles. The third kappa shape index (κ3) is 2.41. The molecule has 0 unspecified atom stereocenters. The molecule has 4 heteroatoms. The molecule has 1 fully saturated rings. The van der Waals surface area contributed by atoms with Gasteiger partial charge in [-0.05, 0) is 18.9 Å². The molecule has 2 aromatic rings. The van der Waals surface area contributed by atoms with Crippen molar-refractivity contribution in [2.24, 2.45) is 7.05 Å². The highest BCUT2D eigenvalue weighted by Crippen LogP contribution is 2.26. The second-order valence-electron chi connectivity index (χ2n) is 5.59. The van der Waals surface area contributed by atoms with E-state index in [9.17, 15) is 0 Å². The number of para-hydroxylation sites is 1. The van der Waals surface area contributed by atoms with E-state index >= 15 is 0 Å². The zero-order valence-electron chi connectivity index (χ0n) is 11.9. The first-order valence-corrected chi connectivity index (χ1v) is 7.31. The van der Waals surface area contributed by atoms with E-state index in [1.54, 1.807) is 0 Å². The summed E-state index contributed by atoms with van der Waals surface area (Å²) < 4.78 is 1.93. The second-order valence-corrected chi connectivity index (χ2v) is 5.59. The third-order valence-corrected chi connectivity index (χ3v) is 4.30. The Balaban J connectivity index is 1.88. The van der Waals surface area contributed by atoms with E-state index in [2.05, 4.69) is 34.3 Å². The molecule has 20 heavy (non-hydrogen) atoms. The molecule has 0 N–H and O–H groups in total. The molecule has 0 bridgehead atoms. The van der Waals surface area contributed by atoms with Crippen LogP contribution in [0.4, 0.5) is 0 Å². The molecule has 0 spiro atoms. The molecule has 0 amide bonds. The first-order valence-electron chi connectivity index (χ1n) is 7.31. The monoisotopic (exact) mass is 268 g/mol. The molecule has 0 atom stereocenters. The standard InChI is InChI=1S/C16H20N4/c1-19-16-9-5-4-8-14(16)15(18-19)12-20(11-10-17)13-6-2-3-7-13/h4-5,8-9,13H,2-3,6-7,11-12H2,1H3. The predicted molar refractivity (Wildman–Crippen MR) is 79.0 cm³/mol. The van der Waals surface area contributed by atoms with Crippen LogP contribution in [0, 0.1) is 11.3 Å². The van der Waals surface area contributed by atoms with E-state index in [0.29, 0.717) is 12.6 Å². The zero-order chi connectivity index (χ0) is 13.9. The summed E-state index contributed by atoms with van der Waals surface area (Å²) in [5.74, 6) is 0. The van der Waals surface area contributed by atoms with Crippen molar-refractivity contribution in [2.75, 3.05) is 6.54 Å². The van der Waals surface area contributed by atoms with Crippen LogP contribution in [0.3, 0.4) is 0 Å². The molecular formula is C16H20N4. The maximum Gasteiger partial charge on any atom is 0.0871 e. The lowest BCUT2D eigenvalue weighted by Crippen LogP contribution is -2.33. The summed E-state index contributed by atoms with van der Waals surface area (Å²) in [4.78, 5) is 2.29. The van der Waals surface area contributed by atoms with Crippen LogP contribution in [0.5, 0.6) is 0 Å². The van der Waals surface area contributed by atoms with Gasteiger partial charge in [0.25, 0.3) is 0 Å². The van der Waals surface area contributed by atoms with E-state index in [1.807, 2.05) is 17.8 Å². The minimum absolute atomic E-state index is 0.496. The van der Waals surface area contributed by atoms with Gasteiger partial charge in [0.2, 0.25) is 0 Å². The van der Waals surface area contributed by atoms with Crippen molar-refractivity contribution in [2.45, 2.75) is 38.3 Å². The summed E-state index contributed by atoms with van der Waals surface area (Å²) in [6.07, 6.45) is 5.00. The molecule has 3 rings (SSSR count). The SMILES string of the molecule is Cn1nc(CN(CC#N)C2CCCC2)c2ccccc21. The highest BCUT2D eigenvalue weighted by molar-refractivity contribution is 5.81. The number of aryl methyl sites for hydroxylation is 1. The van der Waals surface area contributed by atoms with Gasteiger partial charge in [0, 0.05) is 25.0 Å².